The van der Waals surface area contributed by atoms with Crippen LogP contribution in [0.3, 0.4) is 0 Å². The van der Waals surface area contributed by atoms with Gasteiger partial charge in [-0.3, -0.25) is 4.79 Å². The third-order valence-corrected chi connectivity index (χ3v) is 2.86. The number of nitrogens with one attached hydrogen (secondary N) is 1. The molecule has 0 radical (unpaired) electrons. The second kappa shape index (κ2) is 6.76. The van der Waals surface area contributed by atoms with Crippen LogP contribution in [0.25, 0.3) is 0 Å². The molecule has 2 N–H and O–H groups in total. The van der Waals surface area contributed by atoms with E-state index in [0.717, 1.165) is 12.1 Å². The molecule has 0 aliphatic heterocycles. The van der Waals surface area contributed by atoms with E-state index in [1.807, 2.05) is 5.32 Å². The van der Waals surface area contributed by atoms with Gasteiger partial charge in [-0.05, 0) is 24.5 Å². The smallest absolute Gasteiger partial charge is 0.419 e. The van der Waals surface area contributed by atoms with Gasteiger partial charge < -0.3 is 10.4 Å². The van der Waals surface area contributed by atoms with Gasteiger partial charge in [0.2, 0.25) is 0 Å². The van der Waals surface area contributed by atoms with E-state index in [2.05, 4.69) is 0 Å². The molecule has 0 heterocycles. The zero-order valence-electron chi connectivity index (χ0n) is 11.9. The lowest BCUT2D eigenvalue weighted by atomic mass is 10.0. The van der Waals surface area contributed by atoms with Gasteiger partial charge in [0, 0.05) is 0 Å². The highest BCUT2D eigenvalue weighted by molar-refractivity contribution is 5.97. The molecule has 8 heteroatoms. The van der Waals surface area contributed by atoms with Crippen molar-refractivity contribution in [3.8, 4) is 0 Å². The standard InChI is InChI=1S/C14H15F4NO3/c1-7(2)6-10(13(21)22)19-12(20)8-4-3-5-9(11(8)15)14(16,17)18/h3-5,7,10H,6H2,1-2H3,(H,19,20)(H,21,22)/t10-/m1/s1. The molecule has 0 aromatic heterocycles. The third kappa shape index (κ3) is 4.44. The maximum Gasteiger partial charge on any atom is 0.419 e. The van der Waals surface area contributed by atoms with E-state index < -0.39 is 41.0 Å². The van der Waals surface area contributed by atoms with Crippen molar-refractivity contribution in [2.75, 3.05) is 0 Å². The monoisotopic (exact) mass is 321 g/mol. The lowest BCUT2D eigenvalue weighted by molar-refractivity contribution is -0.140. The zero-order chi connectivity index (χ0) is 17.1. The van der Waals surface area contributed by atoms with Crippen LogP contribution >= 0.6 is 0 Å². The van der Waals surface area contributed by atoms with E-state index in [1.165, 1.54) is 0 Å². The Hall–Kier alpha value is -2.12. The molecule has 0 aliphatic rings. The summed E-state index contributed by atoms with van der Waals surface area (Å²) in [5, 5.41) is 11.0. The van der Waals surface area contributed by atoms with Crippen LogP contribution in [0, 0.1) is 11.7 Å². The number of carboxylic acid groups (broad SMARTS) is 1. The van der Waals surface area contributed by atoms with Crippen molar-refractivity contribution >= 4 is 11.9 Å². The molecule has 0 aliphatic carbocycles. The zero-order valence-corrected chi connectivity index (χ0v) is 11.9. The lowest BCUT2D eigenvalue weighted by Gasteiger charge is -2.17. The number of benzene rings is 1. The van der Waals surface area contributed by atoms with Gasteiger partial charge in [-0.15, -0.1) is 0 Å². The molecule has 0 spiro atoms. The summed E-state index contributed by atoms with van der Waals surface area (Å²) < 4.78 is 51.6. The minimum absolute atomic E-state index is 0.0711. The Morgan fingerprint density at radius 2 is 1.86 bits per heavy atom. The van der Waals surface area contributed by atoms with Gasteiger partial charge in [0.25, 0.3) is 5.91 Å². The van der Waals surface area contributed by atoms with Gasteiger partial charge in [-0.1, -0.05) is 19.9 Å². The molecule has 0 bridgehead atoms. The van der Waals surface area contributed by atoms with Crippen LogP contribution in [-0.4, -0.2) is 23.0 Å². The summed E-state index contributed by atoms with van der Waals surface area (Å²) in [6.45, 7) is 3.43. The first-order valence-corrected chi connectivity index (χ1v) is 6.43. The highest BCUT2D eigenvalue weighted by atomic mass is 19.4. The average Bonchev–Trinajstić information content (AvgIpc) is 2.35. The minimum atomic E-state index is -4.94. The molecule has 122 valence electrons. The Morgan fingerprint density at radius 1 is 1.27 bits per heavy atom. The second-order valence-corrected chi connectivity index (χ2v) is 5.16. The summed E-state index contributed by atoms with van der Waals surface area (Å²) in [6.07, 6.45) is -4.87. The average molecular weight is 321 g/mol. The molecular weight excluding hydrogens is 306 g/mol. The Labute approximate surface area is 124 Å². The number of hydrogen-bond donors (Lipinski definition) is 2. The largest absolute Gasteiger partial charge is 0.480 e. The molecule has 1 amide bonds. The number of halogens is 4. The van der Waals surface area contributed by atoms with Gasteiger partial charge in [0.05, 0.1) is 11.1 Å². The Morgan fingerprint density at radius 3 is 2.32 bits per heavy atom. The van der Waals surface area contributed by atoms with Crippen LogP contribution in [0.4, 0.5) is 17.6 Å². The predicted molar refractivity (Wildman–Crippen MR) is 69.7 cm³/mol. The normalized spacial score (nSPS) is 13.0. The first kappa shape index (κ1) is 17.9. The number of aliphatic carboxylic acids is 1. The number of carbonyl (C=O) groups is 2. The van der Waals surface area contributed by atoms with Crippen molar-refractivity contribution in [3.63, 3.8) is 0 Å². The predicted octanol–water partition coefficient (Wildman–Crippen LogP) is 3.07. The fraction of sp³-hybridized carbons (Fsp3) is 0.429. The van der Waals surface area contributed by atoms with Crippen LogP contribution in [0.1, 0.15) is 36.2 Å². The van der Waals surface area contributed by atoms with E-state index in [0.29, 0.717) is 6.07 Å². The summed E-state index contributed by atoms with van der Waals surface area (Å²) in [6, 6.07) is 0.962. The lowest BCUT2D eigenvalue weighted by Crippen LogP contribution is -2.42. The molecule has 0 saturated carbocycles. The van der Waals surface area contributed by atoms with E-state index in [9.17, 15) is 27.2 Å². The van der Waals surface area contributed by atoms with Crippen LogP contribution in [0.2, 0.25) is 0 Å². The number of hydrogen-bond acceptors (Lipinski definition) is 2. The van der Waals surface area contributed by atoms with E-state index in [-0.39, 0.29) is 12.3 Å². The number of rotatable bonds is 5. The summed E-state index contributed by atoms with van der Waals surface area (Å²) in [4.78, 5) is 22.9. The molecule has 0 saturated heterocycles. The van der Waals surface area contributed by atoms with E-state index >= 15 is 0 Å². The van der Waals surface area contributed by atoms with Gasteiger partial charge >= 0.3 is 12.1 Å². The maximum absolute atomic E-state index is 13.8. The van der Waals surface area contributed by atoms with Crippen molar-refractivity contribution in [2.45, 2.75) is 32.5 Å². The maximum atomic E-state index is 13.8. The Bertz CT molecular complexity index is 570. The Balaban J connectivity index is 3.06. The van der Waals surface area contributed by atoms with Crippen molar-refractivity contribution in [2.24, 2.45) is 5.92 Å². The van der Waals surface area contributed by atoms with Gasteiger partial charge in [0.15, 0.2) is 0 Å². The fourth-order valence-electron chi connectivity index (χ4n) is 1.86. The van der Waals surface area contributed by atoms with Crippen molar-refractivity contribution in [1.29, 1.82) is 0 Å². The number of carboxylic acids is 1. The van der Waals surface area contributed by atoms with Crippen LogP contribution in [0.15, 0.2) is 18.2 Å². The first-order chi connectivity index (χ1) is 10.0. The highest BCUT2D eigenvalue weighted by Crippen LogP contribution is 2.32. The van der Waals surface area contributed by atoms with Crippen molar-refractivity contribution in [1.82, 2.24) is 5.32 Å². The molecule has 1 aromatic carbocycles. The van der Waals surface area contributed by atoms with Gasteiger partial charge in [-0.25, -0.2) is 9.18 Å². The topological polar surface area (TPSA) is 66.4 Å². The molecule has 4 nitrogen and oxygen atoms in total. The Kier molecular flexibility index (Phi) is 5.51. The third-order valence-electron chi connectivity index (χ3n) is 2.86. The van der Waals surface area contributed by atoms with Gasteiger partial charge in [-0.2, -0.15) is 13.2 Å². The molecule has 0 fully saturated rings. The van der Waals surface area contributed by atoms with Crippen molar-refractivity contribution in [3.05, 3.63) is 35.1 Å². The second-order valence-electron chi connectivity index (χ2n) is 5.16. The summed E-state index contributed by atoms with van der Waals surface area (Å²) >= 11 is 0. The molecule has 1 atom stereocenters. The van der Waals surface area contributed by atoms with Crippen LogP contribution in [0.5, 0.6) is 0 Å². The van der Waals surface area contributed by atoms with E-state index in [1.54, 1.807) is 13.8 Å². The molecule has 1 rings (SSSR count). The van der Waals surface area contributed by atoms with Crippen LogP contribution < -0.4 is 5.32 Å². The van der Waals surface area contributed by atoms with Crippen LogP contribution in [-0.2, 0) is 11.0 Å². The first-order valence-electron chi connectivity index (χ1n) is 6.43. The van der Waals surface area contributed by atoms with Gasteiger partial charge in [0.1, 0.15) is 11.9 Å². The quantitative estimate of drug-likeness (QED) is 0.819. The molecule has 1 aromatic rings. The minimum Gasteiger partial charge on any atom is -0.480 e. The number of carbonyl (C=O) groups excluding carboxylic acids is 1. The molecular formula is C14H15F4NO3. The SMILES string of the molecule is CC(C)C[C@@H](NC(=O)c1cccc(C(F)(F)F)c1F)C(=O)O. The fourth-order valence-corrected chi connectivity index (χ4v) is 1.86. The molecule has 0 unspecified atom stereocenters. The summed E-state index contributed by atoms with van der Waals surface area (Å²) in [7, 11) is 0. The highest BCUT2D eigenvalue weighted by Gasteiger charge is 2.36. The summed E-state index contributed by atoms with van der Waals surface area (Å²) in [5.74, 6) is -4.33. The summed E-state index contributed by atoms with van der Waals surface area (Å²) in [5.41, 5.74) is -2.42. The number of alkyl halides is 3. The molecule has 22 heavy (non-hydrogen) atoms. The van der Waals surface area contributed by atoms with E-state index in [4.69, 9.17) is 5.11 Å². The number of amides is 1. The van der Waals surface area contributed by atoms with Crippen molar-refractivity contribution < 1.29 is 32.3 Å².